The summed E-state index contributed by atoms with van der Waals surface area (Å²) in [5.74, 6) is -2.90. The Kier molecular flexibility index (Phi) is 4.61. The number of hydrogen-bond acceptors (Lipinski definition) is 2. The van der Waals surface area contributed by atoms with Crippen molar-refractivity contribution in [3.63, 3.8) is 0 Å². The number of nitrogens with zero attached hydrogens (tertiary/aromatic N) is 1. The smallest absolute Gasteiger partial charge is 0.323 e. The summed E-state index contributed by atoms with van der Waals surface area (Å²) < 4.78 is 28.7. The zero-order valence-electron chi connectivity index (χ0n) is 13.2. The van der Waals surface area contributed by atoms with Crippen LogP contribution in [0.5, 0.6) is 0 Å². The van der Waals surface area contributed by atoms with E-state index in [2.05, 4.69) is 0 Å². The van der Waals surface area contributed by atoms with Crippen molar-refractivity contribution in [2.45, 2.75) is 19.4 Å². The molecule has 0 amide bonds. The van der Waals surface area contributed by atoms with Gasteiger partial charge in [-0.25, -0.2) is 8.78 Å². The van der Waals surface area contributed by atoms with E-state index in [-0.39, 0.29) is 30.4 Å². The summed E-state index contributed by atoms with van der Waals surface area (Å²) in [4.78, 5) is 23.5. The minimum atomic E-state index is -1.05. The summed E-state index contributed by atoms with van der Waals surface area (Å²) in [5, 5.41) is 9.60. The molecule has 128 valence electrons. The largest absolute Gasteiger partial charge is 0.480 e. The monoisotopic (exact) mass is 343 g/mol. The zero-order valence-corrected chi connectivity index (χ0v) is 13.2. The first-order valence-electron chi connectivity index (χ1n) is 7.73. The van der Waals surface area contributed by atoms with Crippen molar-refractivity contribution in [3.05, 3.63) is 81.6 Å². The highest BCUT2D eigenvalue weighted by atomic mass is 19.2. The standard InChI is InChI=1S/C19H15F2NO3/c20-15-6-3-4-12(19(15)21)8-9-13-10-17(23)14-5-1-2-7-16(14)22(13)11-18(24)25/h1-7,10H,8-9,11H2,(H,24,25). The molecule has 0 unspecified atom stereocenters. The molecule has 0 bridgehead atoms. The molecular weight excluding hydrogens is 328 g/mol. The predicted octanol–water partition coefficient (Wildman–Crippen LogP) is 3.15. The quantitative estimate of drug-likeness (QED) is 0.774. The van der Waals surface area contributed by atoms with Crippen LogP contribution in [0.1, 0.15) is 11.3 Å². The van der Waals surface area contributed by atoms with E-state index in [1.165, 1.54) is 22.8 Å². The Balaban J connectivity index is 2.04. The molecule has 1 heterocycles. The number of rotatable bonds is 5. The van der Waals surface area contributed by atoms with Crippen LogP contribution >= 0.6 is 0 Å². The number of benzene rings is 2. The molecule has 0 aliphatic rings. The van der Waals surface area contributed by atoms with E-state index >= 15 is 0 Å². The minimum absolute atomic E-state index is 0.154. The second-order valence-corrected chi connectivity index (χ2v) is 5.71. The van der Waals surface area contributed by atoms with Crippen molar-refractivity contribution in [1.82, 2.24) is 4.57 Å². The fourth-order valence-electron chi connectivity index (χ4n) is 2.91. The summed E-state index contributed by atoms with van der Waals surface area (Å²) >= 11 is 0. The summed E-state index contributed by atoms with van der Waals surface area (Å²) in [7, 11) is 0. The van der Waals surface area contributed by atoms with E-state index in [9.17, 15) is 23.5 Å². The van der Waals surface area contributed by atoms with Gasteiger partial charge in [0.25, 0.3) is 0 Å². The van der Waals surface area contributed by atoms with Gasteiger partial charge < -0.3 is 9.67 Å². The second kappa shape index (κ2) is 6.84. The van der Waals surface area contributed by atoms with Crippen molar-refractivity contribution in [2.75, 3.05) is 0 Å². The van der Waals surface area contributed by atoms with Gasteiger partial charge in [-0.3, -0.25) is 9.59 Å². The first-order chi connectivity index (χ1) is 12.0. The molecule has 1 N–H and O–H groups in total. The van der Waals surface area contributed by atoms with Crippen molar-refractivity contribution < 1.29 is 18.7 Å². The number of carbonyl (C=O) groups is 1. The fourth-order valence-corrected chi connectivity index (χ4v) is 2.91. The Morgan fingerprint density at radius 3 is 2.56 bits per heavy atom. The van der Waals surface area contributed by atoms with Gasteiger partial charge in [0.15, 0.2) is 17.1 Å². The number of hydrogen-bond donors (Lipinski definition) is 1. The Morgan fingerprint density at radius 1 is 1.04 bits per heavy atom. The predicted molar refractivity (Wildman–Crippen MR) is 89.6 cm³/mol. The van der Waals surface area contributed by atoms with Crippen molar-refractivity contribution >= 4 is 16.9 Å². The Morgan fingerprint density at radius 2 is 1.80 bits per heavy atom. The molecule has 0 saturated heterocycles. The van der Waals surface area contributed by atoms with Crippen LogP contribution in [0.15, 0.2) is 53.3 Å². The number of aryl methyl sites for hydroxylation is 2. The number of carboxylic acid groups (broad SMARTS) is 1. The van der Waals surface area contributed by atoms with Gasteiger partial charge in [0.2, 0.25) is 0 Å². The maximum Gasteiger partial charge on any atom is 0.323 e. The number of halogens is 2. The minimum Gasteiger partial charge on any atom is -0.480 e. The van der Waals surface area contributed by atoms with Crippen LogP contribution in [0.2, 0.25) is 0 Å². The van der Waals surface area contributed by atoms with Gasteiger partial charge in [0.1, 0.15) is 6.54 Å². The van der Waals surface area contributed by atoms with Crippen LogP contribution < -0.4 is 5.43 Å². The summed E-state index contributed by atoms with van der Waals surface area (Å²) in [6.45, 7) is -0.318. The molecule has 2 aromatic carbocycles. The van der Waals surface area contributed by atoms with E-state index in [1.807, 2.05) is 0 Å². The highest BCUT2D eigenvalue weighted by molar-refractivity contribution is 5.81. The van der Waals surface area contributed by atoms with Crippen LogP contribution in [0.25, 0.3) is 10.9 Å². The van der Waals surface area contributed by atoms with Gasteiger partial charge >= 0.3 is 5.97 Å². The molecular formula is C19H15F2NO3. The zero-order chi connectivity index (χ0) is 18.0. The molecule has 0 radical (unpaired) electrons. The van der Waals surface area contributed by atoms with E-state index in [4.69, 9.17) is 0 Å². The molecule has 0 aliphatic carbocycles. The second-order valence-electron chi connectivity index (χ2n) is 5.71. The number of aliphatic carboxylic acids is 1. The van der Waals surface area contributed by atoms with Crippen LogP contribution in [0.3, 0.4) is 0 Å². The normalized spacial score (nSPS) is 11.0. The van der Waals surface area contributed by atoms with Crippen LogP contribution in [-0.4, -0.2) is 15.6 Å². The topological polar surface area (TPSA) is 59.3 Å². The number of para-hydroxylation sites is 1. The molecule has 25 heavy (non-hydrogen) atoms. The van der Waals surface area contributed by atoms with E-state index < -0.39 is 17.6 Å². The first-order valence-corrected chi connectivity index (χ1v) is 7.73. The molecule has 4 nitrogen and oxygen atoms in total. The van der Waals surface area contributed by atoms with Crippen molar-refractivity contribution in [1.29, 1.82) is 0 Å². The molecule has 3 aromatic rings. The van der Waals surface area contributed by atoms with Gasteiger partial charge in [-0.2, -0.15) is 0 Å². The Hall–Kier alpha value is -3.02. The van der Waals surface area contributed by atoms with Gasteiger partial charge in [-0.1, -0.05) is 24.3 Å². The van der Waals surface area contributed by atoms with Crippen molar-refractivity contribution in [3.8, 4) is 0 Å². The molecule has 0 spiro atoms. The average Bonchev–Trinajstić information content (AvgIpc) is 2.59. The summed E-state index contributed by atoms with van der Waals surface area (Å²) in [6, 6.07) is 12.0. The molecule has 0 fully saturated rings. The van der Waals surface area contributed by atoms with E-state index in [1.54, 1.807) is 24.3 Å². The molecule has 0 aliphatic heterocycles. The van der Waals surface area contributed by atoms with Gasteiger partial charge in [-0.05, 0) is 36.6 Å². The number of pyridine rings is 1. The third-order valence-electron chi connectivity index (χ3n) is 4.08. The molecule has 0 atom stereocenters. The SMILES string of the molecule is O=C(O)Cn1c(CCc2cccc(F)c2F)cc(=O)c2ccccc21. The van der Waals surface area contributed by atoms with Gasteiger partial charge in [0.05, 0.1) is 5.52 Å². The third kappa shape index (κ3) is 3.42. The molecule has 0 saturated carbocycles. The lowest BCUT2D eigenvalue weighted by Gasteiger charge is -2.15. The number of aromatic nitrogens is 1. The van der Waals surface area contributed by atoms with E-state index in [0.717, 1.165) is 6.07 Å². The third-order valence-corrected chi connectivity index (χ3v) is 4.08. The fraction of sp³-hybridized carbons (Fsp3) is 0.158. The van der Waals surface area contributed by atoms with Crippen LogP contribution in [0, 0.1) is 11.6 Å². The lowest BCUT2D eigenvalue weighted by Crippen LogP contribution is -2.19. The maximum atomic E-state index is 13.8. The highest BCUT2D eigenvalue weighted by Crippen LogP contribution is 2.17. The number of fused-ring (bicyclic) bond motifs is 1. The molecule has 3 rings (SSSR count). The van der Waals surface area contributed by atoms with Crippen molar-refractivity contribution in [2.24, 2.45) is 0 Å². The van der Waals surface area contributed by atoms with E-state index in [0.29, 0.717) is 16.6 Å². The highest BCUT2D eigenvalue weighted by Gasteiger charge is 2.13. The van der Waals surface area contributed by atoms with Crippen LogP contribution in [0.4, 0.5) is 8.78 Å². The maximum absolute atomic E-state index is 13.8. The number of carboxylic acids is 1. The summed E-state index contributed by atoms with van der Waals surface area (Å²) in [5.41, 5.74) is 0.927. The van der Waals surface area contributed by atoms with Crippen LogP contribution in [-0.2, 0) is 24.2 Å². The average molecular weight is 343 g/mol. The summed E-state index contributed by atoms with van der Waals surface area (Å²) in [6.07, 6.45) is 0.370. The first kappa shape index (κ1) is 16.8. The lowest BCUT2D eigenvalue weighted by molar-refractivity contribution is -0.137. The Bertz CT molecular complexity index is 1010. The molecule has 1 aromatic heterocycles. The van der Waals surface area contributed by atoms with Gasteiger partial charge in [-0.15, -0.1) is 0 Å². The molecule has 6 heteroatoms. The lowest BCUT2D eigenvalue weighted by atomic mass is 10.1. The van der Waals surface area contributed by atoms with Gasteiger partial charge in [0, 0.05) is 17.1 Å². The Labute approximate surface area is 142 Å².